The zero-order valence-electron chi connectivity index (χ0n) is 10.6. The van der Waals surface area contributed by atoms with Crippen molar-refractivity contribution in [1.82, 2.24) is 4.90 Å². The Morgan fingerprint density at radius 3 is 2.71 bits per heavy atom. The number of amides is 1. The zero-order chi connectivity index (χ0) is 12.6. The fourth-order valence-electron chi connectivity index (χ4n) is 2.44. The first-order chi connectivity index (χ1) is 7.89. The predicted octanol–water partition coefficient (Wildman–Crippen LogP) is 2.45. The SMILES string of the molecule is CC(C)(C)OC(=O)N1C[C@@H]2C[C@H](CI)O[C@@H]2C1. The van der Waals surface area contributed by atoms with Gasteiger partial charge in [0.25, 0.3) is 0 Å². The Balaban J connectivity index is 1.86. The molecule has 2 rings (SSSR count). The minimum atomic E-state index is -0.416. The van der Waals surface area contributed by atoms with E-state index in [1.165, 1.54) is 0 Å². The van der Waals surface area contributed by atoms with Crippen LogP contribution in [0.1, 0.15) is 27.2 Å². The molecule has 0 N–H and O–H groups in total. The average molecular weight is 353 g/mol. The molecule has 0 aromatic heterocycles. The number of carbonyl (C=O) groups excluding carboxylic acids is 1. The number of rotatable bonds is 1. The number of nitrogens with zero attached hydrogens (tertiary/aromatic N) is 1. The second-order valence-corrected chi connectivity index (χ2v) is 6.71. The van der Waals surface area contributed by atoms with E-state index < -0.39 is 5.60 Å². The lowest BCUT2D eigenvalue weighted by Gasteiger charge is -2.25. The van der Waals surface area contributed by atoms with Crippen LogP contribution in [0.4, 0.5) is 4.79 Å². The third-order valence-electron chi connectivity index (χ3n) is 3.14. The number of carbonyl (C=O) groups is 1. The van der Waals surface area contributed by atoms with Crippen LogP contribution in [0.2, 0.25) is 0 Å². The summed E-state index contributed by atoms with van der Waals surface area (Å²) in [7, 11) is 0. The monoisotopic (exact) mass is 353 g/mol. The highest BCUT2D eigenvalue weighted by molar-refractivity contribution is 14.1. The van der Waals surface area contributed by atoms with Crippen molar-refractivity contribution in [1.29, 1.82) is 0 Å². The summed E-state index contributed by atoms with van der Waals surface area (Å²) in [6.07, 6.45) is 1.47. The van der Waals surface area contributed by atoms with Crippen molar-refractivity contribution in [3.8, 4) is 0 Å². The number of fused-ring (bicyclic) bond motifs is 1. The van der Waals surface area contributed by atoms with Gasteiger partial charge in [-0.3, -0.25) is 0 Å². The first kappa shape index (κ1) is 13.4. The maximum Gasteiger partial charge on any atom is 0.410 e. The molecule has 1 amide bonds. The molecule has 4 nitrogen and oxygen atoms in total. The van der Waals surface area contributed by atoms with Gasteiger partial charge in [0.2, 0.25) is 0 Å². The van der Waals surface area contributed by atoms with Crippen LogP contribution < -0.4 is 0 Å². The van der Waals surface area contributed by atoms with Crippen molar-refractivity contribution in [3.63, 3.8) is 0 Å². The quantitative estimate of drug-likeness (QED) is 0.537. The molecular weight excluding hydrogens is 333 g/mol. The Labute approximate surface area is 116 Å². The number of ether oxygens (including phenoxy) is 2. The maximum atomic E-state index is 11.9. The summed E-state index contributed by atoms with van der Waals surface area (Å²) >= 11 is 2.36. The predicted molar refractivity (Wildman–Crippen MR) is 73.5 cm³/mol. The molecule has 0 saturated carbocycles. The molecule has 2 fully saturated rings. The average Bonchev–Trinajstić information content (AvgIpc) is 2.70. The molecular formula is C12H20INO3. The first-order valence-electron chi connectivity index (χ1n) is 6.08. The van der Waals surface area contributed by atoms with E-state index in [1.54, 1.807) is 4.90 Å². The summed E-state index contributed by atoms with van der Waals surface area (Å²) < 4.78 is 12.3. The van der Waals surface area contributed by atoms with E-state index in [9.17, 15) is 4.79 Å². The molecule has 0 unspecified atom stereocenters. The number of alkyl halides is 1. The molecule has 2 aliphatic rings. The number of likely N-dealkylation sites (tertiary alicyclic amines) is 1. The summed E-state index contributed by atoms with van der Waals surface area (Å²) in [5.41, 5.74) is -0.416. The third-order valence-corrected chi connectivity index (χ3v) is 4.12. The highest BCUT2D eigenvalue weighted by atomic mass is 127. The zero-order valence-corrected chi connectivity index (χ0v) is 12.8. The molecule has 0 radical (unpaired) electrons. The largest absolute Gasteiger partial charge is 0.444 e. The highest BCUT2D eigenvalue weighted by Crippen LogP contribution is 2.34. The van der Waals surface area contributed by atoms with E-state index in [0.29, 0.717) is 18.6 Å². The van der Waals surface area contributed by atoms with E-state index in [1.807, 2.05) is 20.8 Å². The fraction of sp³-hybridized carbons (Fsp3) is 0.917. The second kappa shape index (κ2) is 4.91. The lowest BCUT2D eigenvalue weighted by Crippen LogP contribution is -2.36. The lowest BCUT2D eigenvalue weighted by molar-refractivity contribution is 0.0172. The van der Waals surface area contributed by atoms with Gasteiger partial charge in [0.1, 0.15) is 5.60 Å². The van der Waals surface area contributed by atoms with Crippen LogP contribution in [0, 0.1) is 5.92 Å². The van der Waals surface area contributed by atoms with Crippen LogP contribution in [0.3, 0.4) is 0 Å². The molecule has 2 heterocycles. The van der Waals surface area contributed by atoms with E-state index in [0.717, 1.165) is 17.4 Å². The molecule has 98 valence electrons. The van der Waals surface area contributed by atoms with Gasteiger partial charge in [0.05, 0.1) is 18.8 Å². The van der Waals surface area contributed by atoms with Crippen LogP contribution in [0.5, 0.6) is 0 Å². The minimum absolute atomic E-state index is 0.207. The van der Waals surface area contributed by atoms with Gasteiger partial charge in [-0.1, -0.05) is 22.6 Å². The van der Waals surface area contributed by atoms with E-state index >= 15 is 0 Å². The molecule has 17 heavy (non-hydrogen) atoms. The summed E-state index contributed by atoms with van der Waals surface area (Å²) in [4.78, 5) is 13.7. The van der Waals surface area contributed by atoms with E-state index in [4.69, 9.17) is 9.47 Å². The fourth-order valence-corrected chi connectivity index (χ4v) is 3.00. The first-order valence-corrected chi connectivity index (χ1v) is 7.61. The normalized spacial score (nSPS) is 32.7. The van der Waals surface area contributed by atoms with Crippen molar-refractivity contribution in [3.05, 3.63) is 0 Å². The molecule has 0 aromatic carbocycles. The van der Waals surface area contributed by atoms with Crippen molar-refractivity contribution in [2.24, 2.45) is 5.92 Å². The molecule has 0 bridgehead atoms. The van der Waals surface area contributed by atoms with Gasteiger partial charge in [0, 0.05) is 16.9 Å². The van der Waals surface area contributed by atoms with Crippen LogP contribution in [0.25, 0.3) is 0 Å². The smallest absolute Gasteiger partial charge is 0.410 e. The Morgan fingerprint density at radius 2 is 2.18 bits per heavy atom. The van der Waals surface area contributed by atoms with Crippen LogP contribution in [-0.2, 0) is 9.47 Å². The molecule has 0 aliphatic carbocycles. The number of hydrogen-bond acceptors (Lipinski definition) is 3. The van der Waals surface area contributed by atoms with Crippen LogP contribution >= 0.6 is 22.6 Å². The van der Waals surface area contributed by atoms with Gasteiger partial charge < -0.3 is 14.4 Å². The topological polar surface area (TPSA) is 38.8 Å². The van der Waals surface area contributed by atoms with E-state index in [-0.39, 0.29) is 12.2 Å². The van der Waals surface area contributed by atoms with Gasteiger partial charge in [0.15, 0.2) is 0 Å². The Bertz CT molecular complexity index is 289. The second-order valence-electron chi connectivity index (χ2n) is 5.83. The number of halogens is 1. The van der Waals surface area contributed by atoms with Crippen molar-refractivity contribution in [2.75, 3.05) is 17.5 Å². The molecule has 2 saturated heterocycles. The lowest BCUT2D eigenvalue weighted by atomic mass is 10.0. The van der Waals surface area contributed by atoms with Crippen molar-refractivity contribution in [2.45, 2.75) is 45.0 Å². The van der Waals surface area contributed by atoms with Gasteiger partial charge >= 0.3 is 6.09 Å². The Kier molecular flexibility index (Phi) is 3.87. The van der Waals surface area contributed by atoms with Crippen LogP contribution in [0.15, 0.2) is 0 Å². The molecule has 0 aromatic rings. The summed E-state index contributed by atoms with van der Waals surface area (Å²) in [6, 6.07) is 0. The highest BCUT2D eigenvalue weighted by Gasteiger charge is 2.43. The summed E-state index contributed by atoms with van der Waals surface area (Å²) in [6.45, 7) is 7.15. The van der Waals surface area contributed by atoms with Crippen molar-refractivity contribution < 1.29 is 14.3 Å². The molecule has 2 aliphatic heterocycles. The standard InChI is InChI=1S/C12H20INO3/c1-12(2,3)17-11(15)14-6-8-4-9(5-13)16-10(8)7-14/h8-10H,4-7H2,1-3H3/t8-,9+,10+/m0/s1. The minimum Gasteiger partial charge on any atom is -0.444 e. The van der Waals surface area contributed by atoms with Gasteiger partial charge in [-0.25, -0.2) is 4.79 Å². The summed E-state index contributed by atoms with van der Waals surface area (Å²) in [5.74, 6) is 0.502. The van der Waals surface area contributed by atoms with Gasteiger partial charge in [-0.05, 0) is 27.2 Å². The van der Waals surface area contributed by atoms with Crippen LogP contribution in [-0.4, -0.2) is 46.3 Å². The Hall–Kier alpha value is -0.0400. The maximum absolute atomic E-state index is 11.9. The van der Waals surface area contributed by atoms with Gasteiger partial charge in [-0.2, -0.15) is 0 Å². The Morgan fingerprint density at radius 1 is 1.47 bits per heavy atom. The van der Waals surface area contributed by atoms with E-state index in [2.05, 4.69) is 22.6 Å². The molecule has 3 atom stereocenters. The van der Waals surface area contributed by atoms with Crippen molar-refractivity contribution >= 4 is 28.7 Å². The number of hydrogen-bond donors (Lipinski definition) is 0. The summed E-state index contributed by atoms with van der Waals surface area (Å²) in [5, 5.41) is 0. The third kappa shape index (κ3) is 3.24. The van der Waals surface area contributed by atoms with Gasteiger partial charge in [-0.15, -0.1) is 0 Å². The molecule has 0 spiro atoms. The molecule has 5 heteroatoms.